The summed E-state index contributed by atoms with van der Waals surface area (Å²) in [6.45, 7) is 4.81. The van der Waals surface area contributed by atoms with Crippen molar-refractivity contribution >= 4 is 12.1 Å². The lowest BCUT2D eigenvalue weighted by Gasteiger charge is -2.14. The second-order valence-electron chi connectivity index (χ2n) is 7.84. The van der Waals surface area contributed by atoms with Crippen molar-refractivity contribution in [1.82, 2.24) is 5.32 Å². The molecule has 0 aliphatic carbocycles. The van der Waals surface area contributed by atoms with Crippen molar-refractivity contribution in [3.8, 4) is 11.5 Å². The van der Waals surface area contributed by atoms with Crippen LogP contribution >= 0.6 is 0 Å². The van der Waals surface area contributed by atoms with Gasteiger partial charge in [-0.25, -0.2) is 0 Å². The zero-order valence-corrected chi connectivity index (χ0v) is 19.8. The topological polar surface area (TPSA) is 69.2 Å². The Kier molecular flexibility index (Phi) is 9.99. The highest BCUT2D eigenvalue weighted by Gasteiger charge is 2.09. The van der Waals surface area contributed by atoms with E-state index < -0.39 is 0 Å². The average Bonchev–Trinajstić information content (AvgIpc) is 2.89. The van der Waals surface area contributed by atoms with Gasteiger partial charge >= 0.3 is 0 Å². The first kappa shape index (κ1) is 24.8. The molecule has 0 heterocycles. The van der Waals surface area contributed by atoms with Crippen LogP contribution in [0.5, 0.6) is 11.5 Å². The second kappa shape index (κ2) is 13.7. The van der Waals surface area contributed by atoms with Gasteiger partial charge in [0, 0.05) is 11.6 Å². The molecule has 0 aliphatic heterocycles. The van der Waals surface area contributed by atoms with E-state index in [4.69, 9.17) is 14.3 Å². The van der Waals surface area contributed by atoms with Crippen LogP contribution in [0.25, 0.3) is 0 Å². The van der Waals surface area contributed by atoms with Gasteiger partial charge in [0.25, 0.3) is 5.91 Å². The molecule has 0 saturated carbocycles. The third kappa shape index (κ3) is 8.28. The maximum absolute atomic E-state index is 11.9. The van der Waals surface area contributed by atoms with Crippen molar-refractivity contribution in [2.45, 2.75) is 45.9 Å². The maximum Gasteiger partial charge on any atom is 0.260 e. The fourth-order valence-corrected chi connectivity index (χ4v) is 3.26. The number of hydrogen-bond acceptors (Lipinski definition) is 5. The summed E-state index contributed by atoms with van der Waals surface area (Å²) < 4.78 is 12.1. The Bertz CT molecular complexity index is 1030. The molecular formula is C28H32N2O4. The molecule has 3 aromatic rings. The zero-order chi connectivity index (χ0) is 24.0. The summed E-state index contributed by atoms with van der Waals surface area (Å²) in [7, 11) is 0. The molecular weight excluding hydrogens is 428 g/mol. The maximum atomic E-state index is 11.9. The Labute approximate surface area is 201 Å². The van der Waals surface area contributed by atoms with Crippen molar-refractivity contribution in [3.63, 3.8) is 0 Å². The molecule has 6 nitrogen and oxygen atoms in total. The quantitative estimate of drug-likeness (QED) is 0.270. The summed E-state index contributed by atoms with van der Waals surface area (Å²) in [4.78, 5) is 17.1. The highest BCUT2D eigenvalue weighted by molar-refractivity contribution is 5.81. The second-order valence-corrected chi connectivity index (χ2v) is 7.84. The normalized spacial score (nSPS) is 10.9. The number of hydrogen-bond donors (Lipinski definition) is 1. The molecule has 34 heavy (non-hydrogen) atoms. The van der Waals surface area contributed by atoms with Crippen LogP contribution in [-0.4, -0.2) is 24.8 Å². The number of nitrogens with one attached hydrogen (secondary N) is 1. The molecule has 1 N–H and O–H groups in total. The van der Waals surface area contributed by atoms with Gasteiger partial charge in [-0.15, -0.1) is 0 Å². The fraction of sp³-hybridized carbons (Fsp3) is 0.286. The SMILES string of the molecule is CCC(CC)NC(=O)CON=Cc1ccc(OCc2ccccc2)c(OCc2ccccc2)c1. The van der Waals surface area contributed by atoms with E-state index in [1.807, 2.05) is 92.7 Å². The number of carbonyl (C=O) groups excluding carboxylic acids is 1. The number of carbonyl (C=O) groups is 1. The van der Waals surface area contributed by atoms with Crippen LogP contribution in [0.3, 0.4) is 0 Å². The lowest BCUT2D eigenvalue weighted by atomic mass is 10.2. The van der Waals surface area contributed by atoms with E-state index in [-0.39, 0.29) is 18.6 Å². The Hall–Kier alpha value is -3.80. The summed E-state index contributed by atoms with van der Waals surface area (Å²) in [5.74, 6) is 1.07. The molecule has 0 unspecified atom stereocenters. The molecule has 1 amide bonds. The summed E-state index contributed by atoms with van der Waals surface area (Å²) in [6.07, 6.45) is 3.33. The highest BCUT2D eigenvalue weighted by Crippen LogP contribution is 2.29. The van der Waals surface area contributed by atoms with Crippen LogP contribution in [0.2, 0.25) is 0 Å². The van der Waals surface area contributed by atoms with E-state index in [9.17, 15) is 4.79 Å². The van der Waals surface area contributed by atoms with Gasteiger partial charge in [-0.1, -0.05) is 79.7 Å². The molecule has 0 aromatic heterocycles. The third-order valence-corrected chi connectivity index (χ3v) is 5.26. The van der Waals surface area contributed by atoms with Crippen molar-refractivity contribution in [3.05, 3.63) is 95.6 Å². The van der Waals surface area contributed by atoms with Gasteiger partial charge in [-0.05, 0) is 42.2 Å². The minimum Gasteiger partial charge on any atom is -0.485 e. The molecule has 3 aromatic carbocycles. The molecule has 0 bridgehead atoms. The van der Waals surface area contributed by atoms with Crippen molar-refractivity contribution < 1.29 is 19.1 Å². The Balaban J connectivity index is 1.63. The van der Waals surface area contributed by atoms with E-state index in [1.165, 1.54) is 0 Å². The van der Waals surface area contributed by atoms with Crippen LogP contribution in [0.4, 0.5) is 0 Å². The monoisotopic (exact) mass is 460 g/mol. The van der Waals surface area contributed by atoms with E-state index in [0.717, 1.165) is 29.5 Å². The summed E-state index contributed by atoms with van der Waals surface area (Å²) in [5, 5.41) is 6.86. The zero-order valence-electron chi connectivity index (χ0n) is 19.8. The Morgan fingerprint density at radius 2 is 1.44 bits per heavy atom. The lowest BCUT2D eigenvalue weighted by molar-refractivity contribution is -0.126. The largest absolute Gasteiger partial charge is 0.485 e. The molecule has 0 atom stereocenters. The van der Waals surface area contributed by atoms with E-state index in [2.05, 4.69) is 10.5 Å². The van der Waals surface area contributed by atoms with E-state index >= 15 is 0 Å². The Morgan fingerprint density at radius 1 is 0.853 bits per heavy atom. The van der Waals surface area contributed by atoms with Crippen molar-refractivity contribution in [2.24, 2.45) is 5.16 Å². The predicted octanol–water partition coefficient (Wildman–Crippen LogP) is 5.50. The first-order valence-electron chi connectivity index (χ1n) is 11.6. The standard InChI is InChI=1S/C28H32N2O4/c1-3-25(4-2)30-28(31)21-34-29-18-24-15-16-26(32-19-22-11-7-5-8-12-22)27(17-24)33-20-23-13-9-6-10-14-23/h5-18,25H,3-4,19-21H2,1-2H3,(H,30,31). The van der Waals surface area contributed by atoms with Crippen LogP contribution in [-0.2, 0) is 22.8 Å². The summed E-state index contributed by atoms with van der Waals surface area (Å²) in [5.41, 5.74) is 2.90. The van der Waals surface area contributed by atoms with Gasteiger partial charge in [0.15, 0.2) is 18.1 Å². The van der Waals surface area contributed by atoms with Crippen molar-refractivity contribution in [2.75, 3.05) is 6.61 Å². The smallest absolute Gasteiger partial charge is 0.260 e. The highest BCUT2D eigenvalue weighted by atomic mass is 16.6. The molecule has 0 radical (unpaired) electrons. The van der Waals surface area contributed by atoms with E-state index in [1.54, 1.807) is 6.21 Å². The lowest BCUT2D eigenvalue weighted by Crippen LogP contribution is -2.36. The molecule has 0 saturated heterocycles. The molecule has 0 spiro atoms. The molecule has 0 fully saturated rings. The number of ether oxygens (including phenoxy) is 2. The van der Waals surface area contributed by atoms with Gasteiger partial charge in [-0.3, -0.25) is 4.79 Å². The number of oxime groups is 1. The van der Waals surface area contributed by atoms with Gasteiger partial charge in [0.05, 0.1) is 6.21 Å². The van der Waals surface area contributed by atoms with Gasteiger partial charge < -0.3 is 19.6 Å². The Morgan fingerprint density at radius 3 is 2.03 bits per heavy atom. The molecule has 3 rings (SSSR count). The first-order valence-corrected chi connectivity index (χ1v) is 11.6. The van der Waals surface area contributed by atoms with Crippen LogP contribution < -0.4 is 14.8 Å². The minimum atomic E-state index is -0.178. The fourth-order valence-electron chi connectivity index (χ4n) is 3.26. The average molecular weight is 461 g/mol. The van der Waals surface area contributed by atoms with Gasteiger partial charge in [0.2, 0.25) is 0 Å². The van der Waals surface area contributed by atoms with Crippen LogP contribution in [0, 0.1) is 0 Å². The predicted molar refractivity (Wildman–Crippen MR) is 134 cm³/mol. The number of benzene rings is 3. The molecule has 178 valence electrons. The number of amides is 1. The third-order valence-electron chi connectivity index (χ3n) is 5.26. The van der Waals surface area contributed by atoms with Gasteiger partial charge in [-0.2, -0.15) is 0 Å². The summed E-state index contributed by atoms with van der Waals surface area (Å²) in [6, 6.07) is 25.6. The van der Waals surface area contributed by atoms with Gasteiger partial charge in [0.1, 0.15) is 13.2 Å². The molecule has 6 heteroatoms. The summed E-state index contributed by atoms with van der Waals surface area (Å²) >= 11 is 0. The van der Waals surface area contributed by atoms with E-state index in [0.29, 0.717) is 24.7 Å². The minimum absolute atomic E-state index is 0.122. The van der Waals surface area contributed by atoms with Crippen LogP contribution in [0.1, 0.15) is 43.4 Å². The number of rotatable bonds is 13. The van der Waals surface area contributed by atoms with Crippen LogP contribution in [0.15, 0.2) is 84.0 Å². The van der Waals surface area contributed by atoms with Crippen molar-refractivity contribution in [1.29, 1.82) is 0 Å². The first-order chi connectivity index (χ1) is 16.7. The number of nitrogens with zero attached hydrogens (tertiary/aromatic N) is 1. The molecule has 0 aliphatic rings.